The van der Waals surface area contributed by atoms with Gasteiger partial charge in [-0.15, -0.1) is 0 Å². The number of carbonyl (C=O) groups excluding carboxylic acids is 1. The van der Waals surface area contributed by atoms with Gasteiger partial charge >= 0.3 is 0 Å². The molecule has 0 radical (unpaired) electrons. The largest absolute Gasteiger partial charge is 0.381 e. The van der Waals surface area contributed by atoms with E-state index in [0.29, 0.717) is 25.0 Å². The standard InChI is InChI=1S/C18H25NO2/c1-15-6-5-11-19(14-15)17(20)18(9-12-21-13-10-18)16-7-3-2-4-8-16/h2-4,7-8,15H,5-6,9-14H2,1H3/t15-/m1/s1. The fourth-order valence-corrected chi connectivity index (χ4v) is 3.78. The maximum absolute atomic E-state index is 13.3. The summed E-state index contributed by atoms with van der Waals surface area (Å²) in [5.41, 5.74) is 0.799. The maximum atomic E-state index is 13.3. The first-order valence-electron chi connectivity index (χ1n) is 8.15. The number of piperidine rings is 1. The Bertz CT molecular complexity index is 479. The molecule has 1 amide bonds. The zero-order chi connectivity index (χ0) is 14.7. The molecule has 1 aromatic rings. The van der Waals surface area contributed by atoms with Crippen molar-refractivity contribution in [2.75, 3.05) is 26.3 Å². The third-order valence-corrected chi connectivity index (χ3v) is 5.03. The highest BCUT2D eigenvalue weighted by atomic mass is 16.5. The van der Waals surface area contributed by atoms with Crippen molar-refractivity contribution in [1.29, 1.82) is 0 Å². The molecule has 114 valence electrons. The molecule has 3 nitrogen and oxygen atoms in total. The number of benzene rings is 1. The summed E-state index contributed by atoms with van der Waals surface area (Å²) in [6, 6.07) is 10.3. The molecule has 2 aliphatic rings. The second-order valence-corrected chi connectivity index (χ2v) is 6.56. The Morgan fingerprint density at radius 3 is 2.62 bits per heavy atom. The first-order chi connectivity index (χ1) is 10.2. The average Bonchev–Trinajstić information content (AvgIpc) is 2.55. The van der Waals surface area contributed by atoms with Crippen molar-refractivity contribution in [3.8, 4) is 0 Å². The van der Waals surface area contributed by atoms with E-state index in [1.807, 2.05) is 18.2 Å². The minimum Gasteiger partial charge on any atom is -0.381 e. The monoisotopic (exact) mass is 287 g/mol. The van der Waals surface area contributed by atoms with Crippen LogP contribution in [0.1, 0.15) is 38.2 Å². The van der Waals surface area contributed by atoms with Crippen LogP contribution in [0, 0.1) is 5.92 Å². The van der Waals surface area contributed by atoms with Crippen LogP contribution in [0.3, 0.4) is 0 Å². The summed E-state index contributed by atoms with van der Waals surface area (Å²) in [6.07, 6.45) is 3.99. The third kappa shape index (κ3) is 2.84. The van der Waals surface area contributed by atoms with Crippen LogP contribution in [-0.2, 0) is 14.9 Å². The molecule has 0 spiro atoms. The van der Waals surface area contributed by atoms with Crippen molar-refractivity contribution in [3.63, 3.8) is 0 Å². The Balaban J connectivity index is 1.90. The number of amides is 1. The molecule has 0 aromatic heterocycles. The van der Waals surface area contributed by atoms with Crippen LogP contribution in [0.25, 0.3) is 0 Å². The molecule has 2 saturated heterocycles. The van der Waals surface area contributed by atoms with Gasteiger partial charge in [-0.1, -0.05) is 37.3 Å². The fraction of sp³-hybridized carbons (Fsp3) is 0.611. The first kappa shape index (κ1) is 14.6. The molecule has 2 heterocycles. The van der Waals surface area contributed by atoms with E-state index in [1.54, 1.807) is 0 Å². The van der Waals surface area contributed by atoms with Gasteiger partial charge in [0.2, 0.25) is 5.91 Å². The molecule has 0 unspecified atom stereocenters. The number of rotatable bonds is 2. The zero-order valence-electron chi connectivity index (χ0n) is 12.9. The van der Waals surface area contributed by atoms with Crippen LogP contribution in [0.4, 0.5) is 0 Å². The Kier molecular flexibility index (Phi) is 4.29. The van der Waals surface area contributed by atoms with E-state index >= 15 is 0 Å². The summed E-state index contributed by atoms with van der Waals surface area (Å²) in [5, 5.41) is 0. The van der Waals surface area contributed by atoms with Crippen LogP contribution >= 0.6 is 0 Å². The summed E-state index contributed by atoms with van der Waals surface area (Å²) in [4.78, 5) is 15.4. The summed E-state index contributed by atoms with van der Waals surface area (Å²) < 4.78 is 5.53. The summed E-state index contributed by atoms with van der Waals surface area (Å²) in [7, 11) is 0. The summed E-state index contributed by atoms with van der Waals surface area (Å²) >= 11 is 0. The lowest BCUT2D eigenvalue weighted by Gasteiger charge is -2.42. The van der Waals surface area contributed by atoms with Crippen molar-refractivity contribution >= 4 is 5.91 Å². The normalized spacial score (nSPS) is 25.6. The van der Waals surface area contributed by atoms with E-state index in [2.05, 4.69) is 24.0 Å². The van der Waals surface area contributed by atoms with Gasteiger partial charge in [0.1, 0.15) is 0 Å². The lowest BCUT2D eigenvalue weighted by Crippen LogP contribution is -2.52. The Labute approximate surface area is 127 Å². The molecule has 21 heavy (non-hydrogen) atoms. The van der Waals surface area contributed by atoms with Crippen LogP contribution in [-0.4, -0.2) is 37.1 Å². The van der Waals surface area contributed by atoms with E-state index in [9.17, 15) is 4.79 Å². The van der Waals surface area contributed by atoms with Gasteiger partial charge in [0.15, 0.2) is 0 Å². The van der Waals surface area contributed by atoms with Gasteiger partial charge in [0, 0.05) is 26.3 Å². The second-order valence-electron chi connectivity index (χ2n) is 6.56. The molecule has 3 heteroatoms. The van der Waals surface area contributed by atoms with E-state index in [4.69, 9.17) is 4.74 Å². The van der Waals surface area contributed by atoms with E-state index in [1.165, 1.54) is 6.42 Å². The predicted molar refractivity (Wildman–Crippen MR) is 83.2 cm³/mol. The number of hydrogen-bond donors (Lipinski definition) is 0. The Morgan fingerprint density at radius 2 is 1.95 bits per heavy atom. The Hall–Kier alpha value is -1.35. The van der Waals surface area contributed by atoms with Crippen molar-refractivity contribution in [1.82, 2.24) is 4.90 Å². The molecular formula is C18H25NO2. The zero-order valence-corrected chi connectivity index (χ0v) is 12.9. The quantitative estimate of drug-likeness (QED) is 0.837. The number of likely N-dealkylation sites (tertiary alicyclic amines) is 1. The summed E-state index contributed by atoms with van der Waals surface area (Å²) in [5.74, 6) is 0.943. The van der Waals surface area contributed by atoms with Crippen molar-refractivity contribution < 1.29 is 9.53 Å². The number of hydrogen-bond acceptors (Lipinski definition) is 2. The highest BCUT2D eigenvalue weighted by Crippen LogP contribution is 2.37. The smallest absolute Gasteiger partial charge is 0.233 e. The lowest BCUT2D eigenvalue weighted by atomic mass is 9.72. The number of carbonyl (C=O) groups is 1. The SMILES string of the molecule is C[C@@H]1CCCN(C(=O)C2(c3ccccc3)CCOCC2)C1. The van der Waals surface area contributed by atoms with Gasteiger partial charge in [-0.2, -0.15) is 0 Å². The fourth-order valence-electron chi connectivity index (χ4n) is 3.78. The van der Waals surface area contributed by atoms with Crippen LogP contribution < -0.4 is 0 Å². The van der Waals surface area contributed by atoms with Gasteiger partial charge in [-0.3, -0.25) is 4.79 Å². The van der Waals surface area contributed by atoms with E-state index in [0.717, 1.165) is 37.9 Å². The topological polar surface area (TPSA) is 29.5 Å². The molecule has 1 aromatic carbocycles. The van der Waals surface area contributed by atoms with Crippen LogP contribution in [0.2, 0.25) is 0 Å². The second kappa shape index (κ2) is 6.18. The van der Waals surface area contributed by atoms with Crippen LogP contribution in [0.15, 0.2) is 30.3 Å². The van der Waals surface area contributed by atoms with Crippen LogP contribution in [0.5, 0.6) is 0 Å². The molecule has 0 bridgehead atoms. The van der Waals surface area contributed by atoms with Gasteiger partial charge in [-0.25, -0.2) is 0 Å². The molecule has 0 N–H and O–H groups in total. The molecular weight excluding hydrogens is 262 g/mol. The molecule has 1 atom stereocenters. The first-order valence-corrected chi connectivity index (χ1v) is 8.15. The van der Waals surface area contributed by atoms with Gasteiger partial charge in [-0.05, 0) is 37.2 Å². The minimum atomic E-state index is -0.365. The lowest BCUT2D eigenvalue weighted by molar-refractivity contribution is -0.143. The third-order valence-electron chi connectivity index (χ3n) is 5.03. The maximum Gasteiger partial charge on any atom is 0.233 e. The van der Waals surface area contributed by atoms with Gasteiger partial charge in [0.05, 0.1) is 5.41 Å². The number of nitrogens with zero attached hydrogens (tertiary/aromatic N) is 1. The van der Waals surface area contributed by atoms with E-state index < -0.39 is 0 Å². The molecule has 0 aliphatic carbocycles. The molecule has 2 aliphatic heterocycles. The number of ether oxygens (including phenoxy) is 1. The van der Waals surface area contributed by atoms with Crippen molar-refractivity contribution in [2.45, 2.75) is 38.0 Å². The summed E-state index contributed by atoms with van der Waals surface area (Å²) in [6.45, 7) is 5.44. The minimum absolute atomic E-state index is 0.323. The predicted octanol–water partition coefficient (Wildman–Crippen LogP) is 2.99. The van der Waals surface area contributed by atoms with E-state index in [-0.39, 0.29) is 5.41 Å². The molecule has 2 fully saturated rings. The highest BCUT2D eigenvalue weighted by molar-refractivity contribution is 5.88. The van der Waals surface area contributed by atoms with Gasteiger partial charge in [0.25, 0.3) is 0 Å². The Morgan fingerprint density at radius 1 is 1.24 bits per heavy atom. The molecule has 3 rings (SSSR count). The highest BCUT2D eigenvalue weighted by Gasteiger charge is 2.44. The van der Waals surface area contributed by atoms with Crippen molar-refractivity contribution in [3.05, 3.63) is 35.9 Å². The van der Waals surface area contributed by atoms with Gasteiger partial charge < -0.3 is 9.64 Å². The average molecular weight is 287 g/mol. The molecule has 0 saturated carbocycles. The van der Waals surface area contributed by atoms with Crippen molar-refractivity contribution in [2.24, 2.45) is 5.92 Å².